The number of nitrogens with zero attached hydrogens (tertiary/aromatic N) is 3. The van der Waals surface area contributed by atoms with Gasteiger partial charge in [0.05, 0.1) is 18.3 Å². The number of ether oxygens (including phenoxy) is 1. The highest BCUT2D eigenvalue weighted by molar-refractivity contribution is 5.78. The second-order valence-corrected chi connectivity index (χ2v) is 4.75. The van der Waals surface area contributed by atoms with Crippen LogP contribution < -0.4 is 0 Å². The molecule has 0 saturated carbocycles. The molecule has 0 radical (unpaired) electrons. The second-order valence-electron chi connectivity index (χ2n) is 4.75. The van der Waals surface area contributed by atoms with Crippen molar-refractivity contribution in [2.75, 3.05) is 20.4 Å². The lowest BCUT2D eigenvalue weighted by Gasteiger charge is -2.24. The molecule has 1 aliphatic heterocycles. The zero-order valence-corrected chi connectivity index (χ0v) is 11.8. The van der Waals surface area contributed by atoms with Crippen molar-refractivity contribution >= 4 is 18.4 Å². The standard InChI is InChI=1S/C15H19N3O2/c1-12-10-20-11-18(12)15(19)17(3)9-14(16-2)13-7-5-4-6-8-13/h4-9,12H,2,10-11H2,1,3H3. The van der Waals surface area contributed by atoms with E-state index in [2.05, 4.69) is 11.7 Å². The third kappa shape index (κ3) is 3.05. The summed E-state index contributed by atoms with van der Waals surface area (Å²) >= 11 is 0. The van der Waals surface area contributed by atoms with Gasteiger partial charge in [-0.3, -0.25) is 9.89 Å². The highest BCUT2D eigenvalue weighted by Crippen LogP contribution is 2.17. The van der Waals surface area contributed by atoms with Crippen molar-refractivity contribution in [1.29, 1.82) is 0 Å². The number of carbonyl (C=O) groups excluding carboxylic acids is 1. The van der Waals surface area contributed by atoms with Crippen LogP contribution in [0.3, 0.4) is 0 Å². The summed E-state index contributed by atoms with van der Waals surface area (Å²) in [4.78, 5) is 19.5. The number of carbonyl (C=O) groups is 1. The SMILES string of the molecule is C=NC(=CN(C)C(=O)N1COCC1C)c1ccccc1. The van der Waals surface area contributed by atoms with E-state index < -0.39 is 0 Å². The molecule has 1 aromatic rings. The van der Waals surface area contributed by atoms with Gasteiger partial charge in [0.2, 0.25) is 0 Å². The molecule has 20 heavy (non-hydrogen) atoms. The Morgan fingerprint density at radius 2 is 2.20 bits per heavy atom. The number of urea groups is 1. The molecular formula is C15H19N3O2. The third-order valence-corrected chi connectivity index (χ3v) is 3.22. The molecule has 2 rings (SSSR count). The quantitative estimate of drug-likeness (QED) is 0.794. The Kier molecular flexibility index (Phi) is 4.53. The van der Waals surface area contributed by atoms with Gasteiger partial charge in [-0.05, 0) is 13.6 Å². The summed E-state index contributed by atoms with van der Waals surface area (Å²) in [7, 11) is 1.71. The number of amides is 2. The van der Waals surface area contributed by atoms with Crippen LogP contribution in [-0.4, -0.2) is 49.0 Å². The van der Waals surface area contributed by atoms with Gasteiger partial charge in [0.25, 0.3) is 0 Å². The van der Waals surface area contributed by atoms with Gasteiger partial charge in [-0.1, -0.05) is 30.3 Å². The summed E-state index contributed by atoms with van der Waals surface area (Å²) in [5, 5.41) is 0. The molecule has 1 aromatic carbocycles. The molecule has 1 atom stereocenters. The van der Waals surface area contributed by atoms with Crippen LogP contribution in [-0.2, 0) is 4.74 Å². The molecule has 0 N–H and O–H groups in total. The van der Waals surface area contributed by atoms with E-state index in [0.717, 1.165) is 5.56 Å². The number of rotatable bonds is 3. The first-order valence-electron chi connectivity index (χ1n) is 6.48. The minimum atomic E-state index is -0.105. The molecule has 0 aromatic heterocycles. The van der Waals surface area contributed by atoms with Crippen LogP contribution in [0.25, 0.3) is 5.70 Å². The zero-order chi connectivity index (χ0) is 14.5. The number of hydrogen-bond acceptors (Lipinski definition) is 3. The van der Waals surface area contributed by atoms with Gasteiger partial charge in [0, 0.05) is 18.8 Å². The molecule has 1 unspecified atom stereocenters. The van der Waals surface area contributed by atoms with Crippen LogP contribution in [0.1, 0.15) is 12.5 Å². The van der Waals surface area contributed by atoms with Crippen LogP contribution in [0.2, 0.25) is 0 Å². The van der Waals surface area contributed by atoms with Gasteiger partial charge >= 0.3 is 6.03 Å². The van der Waals surface area contributed by atoms with Crippen molar-refractivity contribution in [3.8, 4) is 0 Å². The van der Waals surface area contributed by atoms with Crippen LogP contribution in [0.15, 0.2) is 41.5 Å². The monoisotopic (exact) mass is 273 g/mol. The maximum atomic E-state index is 12.3. The van der Waals surface area contributed by atoms with Gasteiger partial charge in [0.1, 0.15) is 6.73 Å². The predicted octanol–water partition coefficient (Wildman–Crippen LogP) is 2.42. The van der Waals surface area contributed by atoms with Gasteiger partial charge in [-0.15, -0.1) is 0 Å². The Hall–Kier alpha value is -2.14. The molecule has 1 heterocycles. The minimum absolute atomic E-state index is 0.0928. The number of hydrogen-bond donors (Lipinski definition) is 0. The first-order valence-corrected chi connectivity index (χ1v) is 6.48. The molecule has 1 saturated heterocycles. The van der Waals surface area contributed by atoms with Crippen molar-refractivity contribution in [3.05, 3.63) is 42.1 Å². The Balaban J connectivity index is 2.15. The van der Waals surface area contributed by atoms with Crippen LogP contribution in [0.4, 0.5) is 4.79 Å². The predicted molar refractivity (Wildman–Crippen MR) is 79.2 cm³/mol. The van der Waals surface area contributed by atoms with Gasteiger partial charge < -0.3 is 9.64 Å². The van der Waals surface area contributed by atoms with Gasteiger partial charge in [-0.25, -0.2) is 4.79 Å². The summed E-state index contributed by atoms with van der Waals surface area (Å²) in [6.45, 7) is 6.44. The second kappa shape index (κ2) is 6.34. The minimum Gasteiger partial charge on any atom is -0.359 e. The highest BCUT2D eigenvalue weighted by atomic mass is 16.5. The highest BCUT2D eigenvalue weighted by Gasteiger charge is 2.27. The van der Waals surface area contributed by atoms with E-state index in [1.807, 2.05) is 37.3 Å². The molecule has 106 valence electrons. The van der Waals surface area contributed by atoms with Crippen LogP contribution in [0, 0.1) is 0 Å². The fourth-order valence-corrected chi connectivity index (χ4v) is 2.04. The summed E-state index contributed by atoms with van der Waals surface area (Å²) < 4.78 is 5.28. The summed E-state index contributed by atoms with van der Waals surface area (Å²) in [5.41, 5.74) is 1.59. The Bertz CT molecular complexity index is 513. The number of benzene rings is 1. The average Bonchev–Trinajstić information content (AvgIpc) is 2.90. The third-order valence-electron chi connectivity index (χ3n) is 3.22. The molecule has 0 aliphatic carbocycles. The van der Waals surface area contributed by atoms with Gasteiger partial charge in [-0.2, -0.15) is 0 Å². The van der Waals surface area contributed by atoms with Crippen LogP contribution in [0.5, 0.6) is 0 Å². The maximum Gasteiger partial charge on any atom is 0.325 e. The Morgan fingerprint density at radius 1 is 1.50 bits per heavy atom. The van der Waals surface area contributed by atoms with Crippen molar-refractivity contribution in [2.45, 2.75) is 13.0 Å². The molecule has 5 nitrogen and oxygen atoms in total. The molecule has 1 fully saturated rings. The van der Waals surface area contributed by atoms with Crippen molar-refractivity contribution in [2.24, 2.45) is 4.99 Å². The Morgan fingerprint density at radius 3 is 2.75 bits per heavy atom. The molecule has 0 bridgehead atoms. The summed E-state index contributed by atoms with van der Waals surface area (Å²) in [5.74, 6) is 0. The van der Waals surface area contributed by atoms with E-state index in [0.29, 0.717) is 19.0 Å². The van der Waals surface area contributed by atoms with E-state index in [4.69, 9.17) is 4.74 Å². The lowest BCUT2D eigenvalue weighted by molar-refractivity contribution is 0.132. The zero-order valence-electron chi connectivity index (χ0n) is 11.8. The van der Waals surface area contributed by atoms with E-state index in [1.165, 1.54) is 4.90 Å². The summed E-state index contributed by atoms with van der Waals surface area (Å²) in [6, 6.07) is 9.63. The largest absolute Gasteiger partial charge is 0.359 e. The van der Waals surface area contributed by atoms with E-state index in [1.54, 1.807) is 18.1 Å². The molecular weight excluding hydrogens is 254 g/mol. The topological polar surface area (TPSA) is 45.1 Å². The van der Waals surface area contributed by atoms with E-state index >= 15 is 0 Å². The molecule has 0 spiro atoms. The average molecular weight is 273 g/mol. The maximum absolute atomic E-state index is 12.3. The van der Waals surface area contributed by atoms with Crippen molar-refractivity contribution in [3.63, 3.8) is 0 Å². The van der Waals surface area contributed by atoms with E-state index in [9.17, 15) is 4.79 Å². The van der Waals surface area contributed by atoms with Crippen molar-refractivity contribution in [1.82, 2.24) is 9.80 Å². The molecule has 2 amide bonds. The van der Waals surface area contributed by atoms with Crippen molar-refractivity contribution < 1.29 is 9.53 Å². The lowest BCUT2D eigenvalue weighted by atomic mass is 10.2. The first-order chi connectivity index (χ1) is 9.63. The molecule has 5 heteroatoms. The molecule has 1 aliphatic rings. The lowest BCUT2D eigenvalue weighted by Crippen LogP contribution is -2.41. The first kappa shape index (κ1) is 14.3. The smallest absolute Gasteiger partial charge is 0.325 e. The van der Waals surface area contributed by atoms with E-state index in [-0.39, 0.29) is 12.1 Å². The fourth-order valence-electron chi connectivity index (χ4n) is 2.04. The normalized spacial score (nSPS) is 19.0. The van der Waals surface area contributed by atoms with Crippen LogP contribution >= 0.6 is 0 Å². The Labute approximate surface area is 119 Å². The number of aliphatic imine (C=N–C) groups is 1. The summed E-state index contributed by atoms with van der Waals surface area (Å²) in [6.07, 6.45) is 1.69. The van der Waals surface area contributed by atoms with Gasteiger partial charge in [0.15, 0.2) is 0 Å². The fraction of sp³-hybridized carbons (Fsp3) is 0.333.